The van der Waals surface area contributed by atoms with Crippen LogP contribution >= 0.6 is 0 Å². The van der Waals surface area contributed by atoms with Crippen LogP contribution in [-0.4, -0.2) is 41.8 Å². The maximum Gasteiger partial charge on any atom is 0.393 e. The number of rotatable bonds is 2. The van der Waals surface area contributed by atoms with E-state index in [1.165, 1.54) is 0 Å². The van der Waals surface area contributed by atoms with E-state index in [1.807, 2.05) is 18.1 Å². The number of hydrogen-bond donors (Lipinski definition) is 1. The Balaban J connectivity index is 2.33. The smallest absolute Gasteiger partial charge is 0.393 e. The van der Waals surface area contributed by atoms with Crippen molar-refractivity contribution in [2.75, 3.05) is 13.7 Å². The van der Waals surface area contributed by atoms with Crippen molar-refractivity contribution in [1.29, 1.82) is 0 Å². The second-order valence-electron chi connectivity index (χ2n) is 2.18. The predicted molar refractivity (Wildman–Crippen MR) is 37.4 cm³/mol. The standard InChI is InChI=1S/C5H8BN2O2/c1-7-2-3-8(4-7)6-5(9)10/h2-3H,4H2,1H3,(H,9,10). The first-order chi connectivity index (χ1) is 4.68. The Labute approximate surface area is 60.0 Å². The molecule has 0 saturated heterocycles. The highest BCUT2D eigenvalue weighted by Gasteiger charge is 2.13. The molecule has 0 unspecified atom stereocenters. The molecule has 0 spiro atoms. The Kier molecular flexibility index (Phi) is 1.84. The van der Waals surface area contributed by atoms with Gasteiger partial charge >= 0.3 is 7.41 Å². The normalized spacial score (nSPS) is 16.1. The molecule has 0 aromatic rings. The van der Waals surface area contributed by atoms with Gasteiger partial charge in [-0.2, -0.15) is 0 Å². The average molecular weight is 139 g/mol. The molecule has 5 heteroatoms. The van der Waals surface area contributed by atoms with E-state index in [2.05, 4.69) is 0 Å². The molecule has 0 aromatic heterocycles. The summed E-state index contributed by atoms with van der Waals surface area (Å²) in [6, 6.07) is 0. The van der Waals surface area contributed by atoms with Crippen LogP contribution in [0.5, 0.6) is 0 Å². The number of carboxylic acid groups (broad SMARTS) is 1. The van der Waals surface area contributed by atoms with Gasteiger partial charge in [0.05, 0.1) is 6.67 Å². The van der Waals surface area contributed by atoms with Crippen LogP contribution in [0.1, 0.15) is 0 Å². The van der Waals surface area contributed by atoms with Gasteiger partial charge in [-0.1, -0.05) is 0 Å². The third kappa shape index (κ3) is 1.68. The lowest BCUT2D eigenvalue weighted by molar-refractivity contribution is 0.217. The first-order valence-corrected chi connectivity index (χ1v) is 2.90. The summed E-state index contributed by atoms with van der Waals surface area (Å²) in [6.45, 7) is 0.617. The number of nitrogens with zero attached hydrogens (tertiary/aromatic N) is 2. The molecule has 10 heavy (non-hydrogen) atoms. The third-order valence-corrected chi connectivity index (χ3v) is 1.18. The van der Waals surface area contributed by atoms with Gasteiger partial charge in [-0.05, 0) is 0 Å². The highest BCUT2D eigenvalue weighted by Crippen LogP contribution is 2.00. The molecule has 0 saturated carbocycles. The fourth-order valence-electron chi connectivity index (χ4n) is 0.777. The lowest BCUT2D eigenvalue weighted by Crippen LogP contribution is -2.30. The Hall–Kier alpha value is -1.13. The van der Waals surface area contributed by atoms with Gasteiger partial charge in [0.2, 0.25) is 0 Å². The first kappa shape index (κ1) is 6.99. The van der Waals surface area contributed by atoms with E-state index in [0.717, 1.165) is 7.41 Å². The van der Waals surface area contributed by atoms with E-state index in [-0.39, 0.29) is 0 Å². The summed E-state index contributed by atoms with van der Waals surface area (Å²) in [7, 11) is 3.02. The summed E-state index contributed by atoms with van der Waals surface area (Å²) in [5.41, 5.74) is 0. The molecule has 1 heterocycles. The summed E-state index contributed by atoms with van der Waals surface area (Å²) in [6.07, 6.45) is 3.54. The Bertz CT molecular complexity index is 171. The van der Waals surface area contributed by atoms with Crippen molar-refractivity contribution in [1.82, 2.24) is 9.71 Å². The van der Waals surface area contributed by atoms with Gasteiger partial charge in [0.25, 0.3) is 5.87 Å². The van der Waals surface area contributed by atoms with Crippen LogP contribution in [-0.2, 0) is 0 Å². The molecule has 1 aliphatic heterocycles. The van der Waals surface area contributed by atoms with Gasteiger partial charge in [-0.25, -0.2) is 0 Å². The van der Waals surface area contributed by atoms with Crippen molar-refractivity contribution in [3.8, 4) is 0 Å². The highest BCUT2D eigenvalue weighted by atomic mass is 16.4. The predicted octanol–water partition coefficient (Wildman–Crippen LogP) is -0.0403. The summed E-state index contributed by atoms with van der Waals surface area (Å²) in [5.74, 6) is -0.917. The Morgan fingerprint density at radius 3 is 2.80 bits per heavy atom. The average Bonchev–Trinajstić information content (AvgIpc) is 2.13. The minimum Gasteiger partial charge on any atom is -0.488 e. The van der Waals surface area contributed by atoms with Crippen molar-refractivity contribution in [3.63, 3.8) is 0 Å². The van der Waals surface area contributed by atoms with Gasteiger partial charge in [0, 0.05) is 19.4 Å². The van der Waals surface area contributed by atoms with Crippen molar-refractivity contribution in [2.45, 2.75) is 0 Å². The largest absolute Gasteiger partial charge is 0.488 e. The van der Waals surface area contributed by atoms with Crippen LogP contribution in [0.3, 0.4) is 0 Å². The molecular weight excluding hydrogens is 131 g/mol. The fourth-order valence-corrected chi connectivity index (χ4v) is 0.777. The van der Waals surface area contributed by atoms with Crippen LogP contribution in [0, 0.1) is 0 Å². The third-order valence-electron chi connectivity index (χ3n) is 1.18. The molecule has 1 aliphatic rings. The molecule has 1 radical (unpaired) electrons. The van der Waals surface area contributed by atoms with Crippen LogP contribution in [0.15, 0.2) is 12.4 Å². The van der Waals surface area contributed by atoms with Crippen molar-refractivity contribution < 1.29 is 9.90 Å². The number of carbonyl (C=O) groups is 1. The van der Waals surface area contributed by atoms with Gasteiger partial charge < -0.3 is 14.8 Å². The maximum atomic E-state index is 10.1. The second-order valence-corrected chi connectivity index (χ2v) is 2.18. The SMILES string of the molecule is CN1C=CN([B]C(=O)O)C1. The van der Waals surface area contributed by atoms with E-state index < -0.39 is 5.87 Å². The van der Waals surface area contributed by atoms with E-state index in [9.17, 15) is 4.79 Å². The van der Waals surface area contributed by atoms with Crippen LogP contribution in [0.2, 0.25) is 0 Å². The molecule has 1 N–H and O–H groups in total. The first-order valence-electron chi connectivity index (χ1n) is 2.90. The Morgan fingerprint density at radius 1 is 1.70 bits per heavy atom. The van der Waals surface area contributed by atoms with Crippen molar-refractivity contribution in [2.24, 2.45) is 0 Å². The zero-order valence-corrected chi connectivity index (χ0v) is 5.69. The zero-order valence-electron chi connectivity index (χ0n) is 5.69. The molecule has 4 nitrogen and oxygen atoms in total. The quantitative estimate of drug-likeness (QED) is 0.545. The van der Waals surface area contributed by atoms with Crippen molar-refractivity contribution >= 4 is 13.3 Å². The summed E-state index contributed by atoms with van der Waals surface area (Å²) in [4.78, 5) is 13.6. The van der Waals surface area contributed by atoms with Gasteiger partial charge in [0.1, 0.15) is 0 Å². The molecule has 0 aliphatic carbocycles. The molecule has 0 aromatic carbocycles. The molecule has 53 valence electrons. The molecule has 0 bridgehead atoms. The van der Waals surface area contributed by atoms with Gasteiger partial charge in [-0.15, -0.1) is 0 Å². The van der Waals surface area contributed by atoms with Crippen LogP contribution in [0.4, 0.5) is 4.79 Å². The minimum absolute atomic E-state index is 0.617. The van der Waals surface area contributed by atoms with Crippen LogP contribution < -0.4 is 0 Å². The number of hydrogen-bond acceptors (Lipinski definition) is 3. The molecule has 1 rings (SSSR count). The summed E-state index contributed by atoms with van der Waals surface area (Å²) < 4.78 is 0. The lowest BCUT2D eigenvalue weighted by atomic mass is 9.93. The molecule has 0 amide bonds. The zero-order chi connectivity index (χ0) is 7.56. The summed E-state index contributed by atoms with van der Waals surface area (Å²) >= 11 is 0. The van der Waals surface area contributed by atoms with E-state index in [0.29, 0.717) is 6.67 Å². The second kappa shape index (κ2) is 2.64. The van der Waals surface area contributed by atoms with E-state index in [4.69, 9.17) is 5.11 Å². The maximum absolute atomic E-state index is 10.1. The summed E-state index contributed by atoms with van der Waals surface area (Å²) in [5, 5.41) is 8.31. The molecular formula is C5H8BN2O2. The Morgan fingerprint density at radius 2 is 2.40 bits per heavy atom. The monoisotopic (exact) mass is 139 g/mol. The fraction of sp³-hybridized carbons (Fsp3) is 0.400. The highest BCUT2D eigenvalue weighted by molar-refractivity contribution is 6.69. The van der Waals surface area contributed by atoms with Crippen LogP contribution in [0.25, 0.3) is 0 Å². The van der Waals surface area contributed by atoms with E-state index in [1.54, 1.807) is 11.0 Å². The molecule has 0 atom stereocenters. The topological polar surface area (TPSA) is 43.8 Å². The van der Waals surface area contributed by atoms with Gasteiger partial charge in [-0.3, -0.25) is 4.79 Å². The van der Waals surface area contributed by atoms with Gasteiger partial charge in [0.15, 0.2) is 0 Å². The van der Waals surface area contributed by atoms with Crippen molar-refractivity contribution in [3.05, 3.63) is 12.4 Å². The lowest BCUT2D eigenvalue weighted by Gasteiger charge is -2.14. The van der Waals surface area contributed by atoms with E-state index >= 15 is 0 Å². The molecule has 0 fully saturated rings. The minimum atomic E-state index is -0.917.